The molecule has 18 heavy (non-hydrogen) atoms. The van der Waals surface area contributed by atoms with E-state index in [0.29, 0.717) is 0 Å². The molecular formula is C9H11F5O3S. The van der Waals surface area contributed by atoms with Crippen molar-refractivity contribution in [2.45, 2.75) is 42.9 Å². The van der Waals surface area contributed by atoms with Gasteiger partial charge in [0.2, 0.25) is 5.00 Å². The van der Waals surface area contributed by atoms with Crippen LogP contribution in [-0.2, 0) is 14.3 Å². The quantitative estimate of drug-likeness (QED) is 0.366. The van der Waals surface area contributed by atoms with E-state index in [1.165, 1.54) is 6.92 Å². The second-order valence-corrected chi connectivity index (χ2v) is 4.72. The maximum absolute atomic E-state index is 13.4. The number of carbonyl (C=O) groups excluding carboxylic acids is 1. The van der Waals surface area contributed by atoms with E-state index in [1.54, 1.807) is 0 Å². The lowest BCUT2D eigenvalue weighted by Gasteiger charge is -2.31. The molecule has 1 heterocycles. The maximum atomic E-state index is 13.4. The van der Waals surface area contributed by atoms with E-state index in [4.69, 9.17) is 0 Å². The van der Waals surface area contributed by atoms with Crippen LogP contribution in [0.25, 0.3) is 0 Å². The summed E-state index contributed by atoms with van der Waals surface area (Å²) in [6, 6.07) is 0. The zero-order valence-corrected chi connectivity index (χ0v) is 10.3. The van der Waals surface area contributed by atoms with Gasteiger partial charge in [0.25, 0.3) is 0 Å². The van der Waals surface area contributed by atoms with Crippen molar-refractivity contribution < 1.29 is 36.2 Å². The Labute approximate surface area is 105 Å². The predicted molar refractivity (Wildman–Crippen MR) is 53.7 cm³/mol. The van der Waals surface area contributed by atoms with Gasteiger partial charge in [-0.2, -0.15) is 17.6 Å². The average Bonchev–Trinajstić information content (AvgIpc) is 2.95. The van der Waals surface area contributed by atoms with Crippen molar-refractivity contribution in [2.75, 3.05) is 6.61 Å². The lowest BCUT2D eigenvalue weighted by atomic mass is 10.0. The van der Waals surface area contributed by atoms with Gasteiger partial charge in [0.1, 0.15) is 0 Å². The minimum Gasteiger partial charge on any atom is -0.464 e. The van der Waals surface area contributed by atoms with Gasteiger partial charge in [-0.15, -0.1) is 12.6 Å². The summed E-state index contributed by atoms with van der Waals surface area (Å²) < 4.78 is 74.6. The molecule has 0 N–H and O–H groups in total. The fourth-order valence-electron chi connectivity index (χ4n) is 1.27. The predicted octanol–water partition coefficient (Wildman–Crippen LogP) is 2.20. The largest absolute Gasteiger partial charge is 0.464 e. The third kappa shape index (κ3) is 2.42. The first kappa shape index (κ1) is 15.5. The molecule has 0 aliphatic carbocycles. The van der Waals surface area contributed by atoms with Gasteiger partial charge in [-0.1, -0.05) is 0 Å². The van der Waals surface area contributed by atoms with Gasteiger partial charge in [-0.25, -0.2) is 9.18 Å². The molecule has 0 aromatic rings. The summed E-state index contributed by atoms with van der Waals surface area (Å²) in [5.41, 5.74) is 0. The van der Waals surface area contributed by atoms with Crippen LogP contribution in [0, 0.1) is 0 Å². The van der Waals surface area contributed by atoms with Crippen molar-refractivity contribution in [3.05, 3.63) is 0 Å². The number of epoxide rings is 1. The molecule has 0 aromatic carbocycles. The zero-order valence-electron chi connectivity index (χ0n) is 9.42. The lowest BCUT2D eigenvalue weighted by Crippen LogP contribution is -2.55. The highest BCUT2D eigenvalue weighted by molar-refractivity contribution is 7.81. The van der Waals surface area contributed by atoms with Gasteiger partial charge >= 0.3 is 17.8 Å². The molecule has 3 nitrogen and oxygen atoms in total. The number of esters is 1. The molecule has 1 aliphatic heterocycles. The van der Waals surface area contributed by atoms with Crippen molar-refractivity contribution >= 4 is 18.6 Å². The highest BCUT2D eigenvalue weighted by atomic mass is 32.1. The zero-order chi connectivity index (χ0) is 14.4. The SMILES string of the molecule is CCOC(=O)C1OC1C(F)(F)C(F)(F)C(C)(F)S. The topological polar surface area (TPSA) is 38.8 Å². The molecule has 3 atom stereocenters. The number of halogens is 5. The van der Waals surface area contributed by atoms with E-state index in [9.17, 15) is 26.7 Å². The Kier molecular flexibility index (Phi) is 3.89. The Hall–Kier alpha value is -0.570. The molecule has 1 fully saturated rings. The molecule has 0 saturated carbocycles. The van der Waals surface area contributed by atoms with Crippen LogP contribution in [0.15, 0.2) is 0 Å². The average molecular weight is 294 g/mol. The van der Waals surface area contributed by atoms with Gasteiger partial charge in [0, 0.05) is 0 Å². The maximum Gasteiger partial charge on any atom is 0.354 e. The Morgan fingerprint density at radius 3 is 2.22 bits per heavy atom. The molecule has 1 saturated heterocycles. The molecule has 106 valence electrons. The first-order chi connectivity index (χ1) is 7.96. The van der Waals surface area contributed by atoms with Crippen LogP contribution in [0.1, 0.15) is 13.8 Å². The fraction of sp³-hybridized carbons (Fsp3) is 0.889. The second-order valence-electron chi connectivity index (χ2n) is 3.88. The van der Waals surface area contributed by atoms with Crippen molar-refractivity contribution in [1.82, 2.24) is 0 Å². The number of hydrogen-bond donors (Lipinski definition) is 1. The van der Waals surface area contributed by atoms with E-state index in [2.05, 4.69) is 22.1 Å². The Balaban J connectivity index is 2.82. The van der Waals surface area contributed by atoms with Gasteiger partial charge < -0.3 is 9.47 Å². The second kappa shape index (κ2) is 4.52. The number of thiol groups is 1. The Morgan fingerprint density at radius 1 is 1.33 bits per heavy atom. The number of hydrogen-bond acceptors (Lipinski definition) is 4. The van der Waals surface area contributed by atoms with Crippen LogP contribution >= 0.6 is 12.6 Å². The van der Waals surface area contributed by atoms with E-state index in [1.807, 2.05) is 0 Å². The normalized spacial score (nSPS) is 27.6. The standard InChI is InChI=1S/C9H11F5O3S/c1-3-16-6(15)4-5(17-4)8(11,12)9(13,14)7(2,10)18/h4-5,18H,3H2,1-2H3. The van der Waals surface area contributed by atoms with Crippen LogP contribution < -0.4 is 0 Å². The molecule has 1 rings (SSSR count). The smallest absolute Gasteiger partial charge is 0.354 e. The highest BCUT2D eigenvalue weighted by Gasteiger charge is 2.77. The number of carbonyl (C=O) groups is 1. The third-order valence-electron chi connectivity index (χ3n) is 2.36. The monoisotopic (exact) mass is 294 g/mol. The molecule has 0 spiro atoms. The highest BCUT2D eigenvalue weighted by Crippen LogP contribution is 2.53. The summed E-state index contributed by atoms with van der Waals surface area (Å²) >= 11 is 2.81. The molecule has 0 amide bonds. The van der Waals surface area contributed by atoms with Crippen molar-refractivity contribution in [3.8, 4) is 0 Å². The molecule has 0 aromatic heterocycles. The van der Waals surface area contributed by atoms with Crippen molar-refractivity contribution in [3.63, 3.8) is 0 Å². The van der Waals surface area contributed by atoms with Crippen LogP contribution in [0.5, 0.6) is 0 Å². The third-order valence-corrected chi connectivity index (χ3v) is 2.64. The number of rotatable bonds is 5. The van der Waals surface area contributed by atoms with Gasteiger partial charge in [-0.05, 0) is 13.8 Å². The Bertz CT molecular complexity index is 342. The van der Waals surface area contributed by atoms with E-state index >= 15 is 0 Å². The van der Waals surface area contributed by atoms with E-state index < -0.39 is 35.0 Å². The van der Waals surface area contributed by atoms with Crippen LogP contribution in [-0.4, -0.2) is 41.6 Å². The fourth-order valence-corrected chi connectivity index (χ4v) is 1.42. The minimum atomic E-state index is -5.09. The van der Waals surface area contributed by atoms with Crippen LogP contribution in [0.4, 0.5) is 22.0 Å². The molecular weight excluding hydrogens is 283 g/mol. The van der Waals surface area contributed by atoms with Gasteiger partial charge in [0.15, 0.2) is 12.2 Å². The lowest BCUT2D eigenvalue weighted by molar-refractivity contribution is -0.251. The number of alkyl halides is 5. The van der Waals surface area contributed by atoms with Gasteiger partial charge in [0.05, 0.1) is 6.61 Å². The summed E-state index contributed by atoms with van der Waals surface area (Å²) in [5.74, 6) is -11.1. The molecule has 1 aliphatic rings. The molecule has 0 bridgehead atoms. The molecule has 9 heteroatoms. The van der Waals surface area contributed by atoms with E-state index in [0.717, 1.165) is 0 Å². The molecule has 0 radical (unpaired) electrons. The number of ether oxygens (including phenoxy) is 2. The summed E-state index contributed by atoms with van der Waals surface area (Å²) in [6.07, 6.45) is -4.21. The molecule has 3 unspecified atom stereocenters. The summed E-state index contributed by atoms with van der Waals surface area (Å²) in [7, 11) is 0. The summed E-state index contributed by atoms with van der Waals surface area (Å²) in [6.45, 7) is 1.50. The van der Waals surface area contributed by atoms with Crippen LogP contribution in [0.2, 0.25) is 0 Å². The van der Waals surface area contributed by atoms with Crippen molar-refractivity contribution in [1.29, 1.82) is 0 Å². The first-order valence-electron chi connectivity index (χ1n) is 4.95. The minimum absolute atomic E-state index is 0.110. The first-order valence-corrected chi connectivity index (χ1v) is 5.40. The van der Waals surface area contributed by atoms with E-state index in [-0.39, 0.29) is 13.5 Å². The van der Waals surface area contributed by atoms with Crippen molar-refractivity contribution in [2.24, 2.45) is 0 Å². The summed E-state index contributed by atoms with van der Waals surface area (Å²) in [4.78, 5) is 11.0. The van der Waals surface area contributed by atoms with Gasteiger partial charge in [-0.3, -0.25) is 0 Å². The Morgan fingerprint density at radius 2 is 1.83 bits per heavy atom. The summed E-state index contributed by atoms with van der Waals surface area (Å²) in [5, 5.41) is -3.75. The van der Waals surface area contributed by atoms with Crippen LogP contribution in [0.3, 0.4) is 0 Å².